The number of methoxy groups -OCH3 is 2. The van der Waals surface area contributed by atoms with E-state index >= 15 is 0 Å². The molecule has 0 fully saturated rings. The van der Waals surface area contributed by atoms with Crippen LogP contribution < -0.4 is 14.5 Å². The number of anilines is 1. The number of carbonyl (C=O) groups is 1. The summed E-state index contributed by atoms with van der Waals surface area (Å²) in [5, 5.41) is 7.43. The zero-order chi connectivity index (χ0) is 23.2. The van der Waals surface area contributed by atoms with Crippen LogP contribution in [0.3, 0.4) is 0 Å². The topological polar surface area (TPSA) is 54.4 Å². The Labute approximate surface area is 198 Å². The fraction of sp³-hybridized carbons (Fsp3) is 0.231. The van der Waals surface area contributed by atoms with Gasteiger partial charge in [0.15, 0.2) is 23.0 Å². The molecule has 0 spiro atoms. The quantitative estimate of drug-likeness (QED) is 0.494. The minimum Gasteiger partial charge on any atom is -0.493 e. The molecule has 0 amide bonds. The van der Waals surface area contributed by atoms with Crippen LogP contribution in [0, 0.1) is 0 Å². The maximum atomic E-state index is 13.5. The summed E-state index contributed by atoms with van der Waals surface area (Å²) in [7, 11) is 3.26. The molecule has 0 aromatic heterocycles. The fourth-order valence-corrected chi connectivity index (χ4v) is 4.85. The highest BCUT2D eigenvalue weighted by Crippen LogP contribution is 2.48. The summed E-state index contributed by atoms with van der Waals surface area (Å²) in [6.07, 6.45) is 0.751. The van der Waals surface area contributed by atoms with Crippen molar-refractivity contribution in [3.8, 4) is 11.5 Å². The summed E-state index contributed by atoms with van der Waals surface area (Å²) >= 11 is 6.15. The molecule has 5 rings (SSSR count). The van der Waals surface area contributed by atoms with Crippen LogP contribution in [0.25, 0.3) is 0 Å². The molecule has 3 aromatic rings. The number of amidine groups is 1. The lowest BCUT2D eigenvalue weighted by Crippen LogP contribution is -2.55. The van der Waals surface area contributed by atoms with Gasteiger partial charge in [0.2, 0.25) is 5.78 Å². The van der Waals surface area contributed by atoms with Gasteiger partial charge in [-0.3, -0.25) is 4.79 Å². The van der Waals surface area contributed by atoms with E-state index < -0.39 is 5.66 Å². The smallest absolute Gasteiger partial charge is 0.229 e. The molecule has 7 heteroatoms. The van der Waals surface area contributed by atoms with Crippen molar-refractivity contribution in [2.24, 2.45) is 5.10 Å². The molecule has 2 aliphatic rings. The predicted molar refractivity (Wildman–Crippen MR) is 129 cm³/mol. The molecule has 3 aromatic carbocycles. The van der Waals surface area contributed by atoms with Crippen LogP contribution in [0.2, 0.25) is 5.02 Å². The maximum Gasteiger partial charge on any atom is 0.229 e. The standard InChI is InChI=1S/C26H24ClN3O3/c1-26-21-16-23(33-3)22(32-2)15-18(21)13-14-29(26)25(24(31)17-7-5-4-6-8-17)28-30(26)20-11-9-19(27)10-12-20/h4-12,15-16H,13-14H2,1-3H3. The lowest BCUT2D eigenvalue weighted by atomic mass is 9.86. The Kier molecular flexibility index (Phi) is 5.25. The molecule has 0 saturated carbocycles. The first-order valence-electron chi connectivity index (χ1n) is 10.7. The number of rotatable bonds is 5. The summed E-state index contributed by atoms with van der Waals surface area (Å²) in [6, 6.07) is 20.8. The molecule has 6 nitrogen and oxygen atoms in total. The maximum absolute atomic E-state index is 13.5. The molecule has 1 unspecified atom stereocenters. The Hall–Kier alpha value is -3.51. The minimum atomic E-state index is -0.735. The van der Waals surface area contributed by atoms with Crippen LogP contribution in [0.4, 0.5) is 5.69 Å². The first kappa shape index (κ1) is 21.3. The van der Waals surface area contributed by atoms with Gasteiger partial charge in [-0.1, -0.05) is 41.9 Å². The highest BCUT2D eigenvalue weighted by Gasteiger charge is 2.52. The summed E-state index contributed by atoms with van der Waals surface area (Å²) in [4.78, 5) is 15.6. The zero-order valence-electron chi connectivity index (χ0n) is 18.7. The van der Waals surface area contributed by atoms with E-state index in [2.05, 4.69) is 11.8 Å². The average Bonchev–Trinajstić information content (AvgIpc) is 3.17. The molecular formula is C26H24ClN3O3. The van der Waals surface area contributed by atoms with Crippen molar-refractivity contribution in [2.75, 3.05) is 25.8 Å². The molecule has 1 atom stereocenters. The second kappa shape index (κ2) is 8.12. The Morgan fingerprint density at radius 1 is 1.00 bits per heavy atom. The number of carbonyl (C=O) groups excluding carboxylic acids is 1. The van der Waals surface area contributed by atoms with E-state index in [1.165, 1.54) is 0 Å². The molecule has 2 heterocycles. The molecular weight excluding hydrogens is 438 g/mol. The van der Waals surface area contributed by atoms with Gasteiger partial charge in [0, 0.05) is 22.7 Å². The van der Waals surface area contributed by atoms with Crippen LogP contribution >= 0.6 is 11.6 Å². The van der Waals surface area contributed by atoms with E-state index in [9.17, 15) is 4.79 Å². The molecule has 0 aliphatic carbocycles. The average molecular weight is 462 g/mol. The van der Waals surface area contributed by atoms with Crippen molar-refractivity contribution >= 4 is 28.9 Å². The summed E-state index contributed by atoms with van der Waals surface area (Å²) < 4.78 is 11.2. The van der Waals surface area contributed by atoms with Crippen molar-refractivity contribution in [1.29, 1.82) is 0 Å². The van der Waals surface area contributed by atoms with Gasteiger partial charge in [0.1, 0.15) is 0 Å². The van der Waals surface area contributed by atoms with E-state index in [-0.39, 0.29) is 5.78 Å². The first-order chi connectivity index (χ1) is 16.0. The first-order valence-corrected chi connectivity index (χ1v) is 11.1. The number of hydrogen-bond donors (Lipinski definition) is 0. The second-order valence-corrected chi connectivity index (χ2v) is 8.63. The van der Waals surface area contributed by atoms with E-state index in [0.717, 1.165) is 23.2 Å². The van der Waals surface area contributed by atoms with Crippen LogP contribution in [-0.2, 0) is 12.1 Å². The fourth-order valence-electron chi connectivity index (χ4n) is 4.73. The normalized spacial score (nSPS) is 19.0. The third-order valence-corrected chi connectivity index (χ3v) is 6.68. The lowest BCUT2D eigenvalue weighted by molar-refractivity contribution is 0.103. The van der Waals surface area contributed by atoms with E-state index in [4.69, 9.17) is 26.2 Å². The second-order valence-electron chi connectivity index (χ2n) is 8.19. The van der Waals surface area contributed by atoms with Gasteiger partial charge >= 0.3 is 0 Å². The number of Topliss-reactive ketones (excluding diaryl/α,β-unsaturated/α-hetero) is 1. The molecule has 168 valence electrons. The Balaban J connectivity index is 1.69. The van der Waals surface area contributed by atoms with Crippen molar-refractivity contribution in [3.05, 3.63) is 88.4 Å². The van der Waals surface area contributed by atoms with Crippen molar-refractivity contribution in [3.63, 3.8) is 0 Å². The molecule has 33 heavy (non-hydrogen) atoms. The molecule has 0 radical (unpaired) electrons. The Bertz CT molecular complexity index is 1240. The monoisotopic (exact) mass is 461 g/mol. The van der Waals surface area contributed by atoms with Crippen LogP contribution in [0.1, 0.15) is 28.4 Å². The number of fused-ring (bicyclic) bond motifs is 3. The molecule has 0 N–H and O–H groups in total. The van der Waals surface area contributed by atoms with Gasteiger partial charge in [-0.15, -0.1) is 5.10 Å². The Morgan fingerprint density at radius 2 is 1.67 bits per heavy atom. The van der Waals surface area contributed by atoms with Crippen molar-refractivity contribution < 1.29 is 14.3 Å². The molecule has 0 saturated heterocycles. The van der Waals surface area contributed by atoms with E-state index in [1.54, 1.807) is 14.2 Å². The van der Waals surface area contributed by atoms with Gasteiger partial charge in [-0.2, -0.15) is 0 Å². The zero-order valence-corrected chi connectivity index (χ0v) is 19.5. The van der Waals surface area contributed by atoms with Crippen LogP contribution in [0.5, 0.6) is 11.5 Å². The SMILES string of the molecule is COc1cc2c(cc1OC)C1(C)N(CC2)C(C(=O)c2ccccc2)=NN1c1ccc(Cl)cc1. The number of benzene rings is 3. The van der Waals surface area contributed by atoms with E-state index in [1.807, 2.05) is 71.7 Å². The summed E-state index contributed by atoms with van der Waals surface area (Å²) in [5.74, 6) is 1.63. The predicted octanol–water partition coefficient (Wildman–Crippen LogP) is 5.10. The number of ether oxygens (including phenoxy) is 2. The largest absolute Gasteiger partial charge is 0.493 e. The van der Waals surface area contributed by atoms with Crippen LogP contribution in [-0.4, -0.2) is 37.3 Å². The Morgan fingerprint density at radius 3 is 2.33 bits per heavy atom. The number of hydrogen-bond acceptors (Lipinski definition) is 6. The summed E-state index contributed by atoms with van der Waals surface area (Å²) in [5.41, 5.74) is 2.86. The van der Waals surface area contributed by atoms with Crippen molar-refractivity contribution in [2.45, 2.75) is 19.0 Å². The molecule has 2 aliphatic heterocycles. The van der Waals surface area contributed by atoms with Gasteiger partial charge < -0.3 is 14.4 Å². The number of ketones is 1. The number of nitrogens with zero attached hydrogens (tertiary/aromatic N) is 3. The third-order valence-electron chi connectivity index (χ3n) is 6.42. The van der Waals surface area contributed by atoms with Crippen molar-refractivity contribution in [1.82, 2.24) is 4.90 Å². The highest BCUT2D eigenvalue weighted by molar-refractivity contribution is 6.45. The minimum absolute atomic E-state index is 0.109. The third kappa shape index (κ3) is 3.33. The summed E-state index contributed by atoms with van der Waals surface area (Å²) in [6.45, 7) is 2.72. The number of hydrazone groups is 1. The van der Waals surface area contributed by atoms with E-state index in [0.29, 0.717) is 34.5 Å². The molecule has 0 bridgehead atoms. The number of halogens is 1. The van der Waals surface area contributed by atoms with Gasteiger partial charge in [0.25, 0.3) is 0 Å². The van der Waals surface area contributed by atoms with Gasteiger partial charge in [-0.25, -0.2) is 5.01 Å². The van der Waals surface area contributed by atoms with Gasteiger partial charge in [-0.05, 0) is 55.3 Å². The highest BCUT2D eigenvalue weighted by atomic mass is 35.5. The van der Waals surface area contributed by atoms with Gasteiger partial charge in [0.05, 0.1) is 19.9 Å². The van der Waals surface area contributed by atoms with Crippen LogP contribution in [0.15, 0.2) is 71.8 Å². The lowest BCUT2D eigenvalue weighted by Gasteiger charge is -2.46.